The molecule has 3 rings (SSSR count). The molecule has 3 aromatic heterocycles. The molecule has 0 saturated carbocycles. The Morgan fingerprint density at radius 2 is 2.25 bits per heavy atom. The summed E-state index contributed by atoms with van der Waals surface area (Å²) < 4.78 is 2.63. The maximum atomic E-state index is 5.35. The van der Waals surface area contributed by atoms with Crippen LogP contribution in [-0.2, 0) is 13.0 Å². The van der Waals surface area contributed by atoms with Gasteiger partial charge in [-0.3, -0.25) is 14.6 Å². The van der Waals surface area contributed by atoms with Crippen LogP contribution in [0.25, 0.3) is 10.7 Å². The molecule has 0 bridgehead atoms. The number of pyridine rings is 1. The van der Waals surface area contributed by atoms with Gasteiger partial charge in [0.05, 0.1) is 17.1 Å². The second-order valence-electron chi connectivity index (χ2n) is 4.38. The number of hydrogen-bond donors (Lipinski definition) is 1. The first kappa shape index (κ1) is 13.2. The van der Waals surface area contributed by atoms with Crippen LogP contribution >= 0.6 is 23.6 Å². The van der Waals surface area contributed by atoms with Crippen LogP contribution in [0.3, 0.4) is 0 Å². The molecular formula is C14H14N4S2. The van der Waals surface area contributed by atoms with Crippen LogP contribution in [0.4, 0.5) is 0 Å². The lowest BCUT2D eigenvalue weighted by Gasteiger charge is -2.08. The van der Waals surface area contributed by atoms with Crippen LogP contribution in [0.2, 0.25) is 0 Å². The summed E-state index contributed by atoms with van der Waals surface area (Å²) in [6, 6.07) is 8.14. The minimum absolute atomic E-state index is 0.626. The van der Waals surface area contributed by atoms with Gasteiger partial charge < -0.3 is 0 Å². The predicted octanol–water partition coefficient (Wildman–Crippen LogP) is 3.67. The lowest BCUT2D eigenvalue weighted by Crippen LogP contribution is -2.06. The second kappa shape index (κ2) is 5.68. The molecule has 0 saturated heterocycles. The smallest absolute Gasteiger partial charge is 0.195 e. The van der Waals surface area contributed by atoms with Crippen molar-refractivity contribution in [1.82, 2.24) is 19.7 Å². The van der Waals surface area contributed by atoms with Crippen LogP contribution in [-0.4, -0.2) is 19.7 Å². The van der Waals surface area contributed by atoms with Gasteiger partial charge in [0.1, 0.15) is 0 Å². The number of H-pyrrole nitrogens is 1. The summed E-state index contributed by atoms with van der Waals surface area (Å²) in [7, 11) is 0. The van der Waals surface area contributed by atoms with Crippen molar-refractivity contribution in [3.63, 3.8) is 0 Å². The highest BCUT2D eigenvalue weighted by Crippen LogP contribution is 2.23. The summed E-state index contributed by atoms with van der Waals surface area (Å²) in [5, 5.41) is 9.25. The molecule has 3 heterocycles. The van der Waals surface area contributed by atoms with Gasteiger partial charge in [-0.15, -0.1) is 11.3 Å². The highest BCUT2D eigenvalue weighted by Gasteiger charge is 2.12. The minimum Gasteiger partial charge on any atom is -0.293 e. The molecule has 3 aromatic rings. The highest BCUT2D eigenvalue weighted by atomic mass is 32.1. The van der Waals surface area contributed by atoms with E-state index in [2.05, 4.69) is 28.2 Å². The van der Waals surface area contributed by atoms with Gasteiger partial charge in [-0.05, 0) is 41.7 Å². The van der Waals surface area contributed by atoms with Gasteiger partial charge in [-0.2, -0.15) is 5.10 Å². The van der Waals surface area contributed by atoms with Crippen molar-refractivity contribution in [3.8, 4) is 10.7 Å². The summed E-state index contributed by atoms with van der Waals surface area (Å²) in [6.45, 7) is 2.78. The number of nitrogens with zero attached hydrogens (tertiary/aromatic N) is 3. The number of aryl methyl sites for hydroxylation is 1. The first-order valence-corrected chi connectivity index (χ1v) is 7.70. The largest absolute Gasteiger partial charge is 0.293 e. The van der Waals surface area contributed by atoms with Crippen molar-refractivity contribution in [3.05, 3.63) is 51.9 Å². The van der Waals surface area contributed by atoms with Gasteiger partial charge in [0, 0.05) is 6.20 Å². The van der Waals surface area contributed by atoms with Crippen LogP contribution in [0.5, 0.6) is 0 Å². The molecule has 0 aliphatic rings. The Balaban J connectivity index is 2.03. The topological polar surface area (TPSA) is 46.5 Å². The number of aromatic nitrogens is 4. The van der Waals surface area contributed by atoms with Gasteiger partial charge in [-0.1, -0.05) is 19.1 Å². The first-order valence-electron chi connectivity index (χ1n) is 6.41. The molecule has 0 amide bonds. The molecular weight excluding hydrogens is 288 g/mol. The van der Waals surface area contributed by atoms with Crippen molar-refractivity contribution in [1.29, 1.82) is 0 Å². The third-order valence-corrected chi connectivity index (χ3v) is 4.35. The molecule has 0 spiro atoms. The van der Waals surface area contributed by atoms with E-state index < -0.39 is 0 Å². The summed E-state index contributed by atoms with van der Waals surface area (Å²) in [4.78, 5) is 5.59. The molecule has 20 heavy (non-hydrogen) atoms. The maximum absolute atomic E-state index is 5.35. The van der Waals surface area contributed by atoms with Crippen molar-refractivity contribution >= 4 is 23.6 Å². The number of rotatable bonds is 4. The summed E-state index contributed by atoms with van der Waals surface area (Å²) in [5.74, 6) is 0.873. The number of thiophene rings is 1. The van der Waals surface area contributed by atoms with E-state index in [1.165, 1.54) is 5.56 Å². The molecule has 0 atom stereocenters. The average molecular weight is 302 g/mol. The monoisotopic (exact) mass is 302 g/mol. The molecule has 0 fully saturated rings. The fourth-order valence-corrected chi connectivity index (χ4v) is 3.06. The third kappa shape index (κ3) is 2.44. The van der Waals surface area contributed by atoms with E-state index in [9.17, 15) is 0 Å². The average Bonchev–Trinajstić information content (AvgIpc) is 3.10. The van der Waals surface area contributed by atoms with Crippen molar-refractivity contribution in [2.45, 2.75) is 19.9 Å². The van der Waals surface area contributed by atoms with E-state index in [0.29, 0.717) is 11.3 Å². The SMILES string of the molecule is CCc1cccnc1Cn1c(-c2cccs2)n[nH]c1=S. The van der Waals surface area contributed by atoms with E-state index in [4.69, 9.17) is 12.2 Å². The summed E-state index contributed by atoms with van der Waals surface area (Å²) in [6.07, 6.45) is 2.78. The van der Waals surface area contributed by atoms with Gasteiger partial charge in [0.2, 0.25) is 0 Å². The Morgan fingerprint density at radius 1 is 1.35 bits per heavy atom. The molecule has 0 aromatic carbocycles. The molecule has 4 nitrogen and oxygen atoms in total. The minimum atomic E-state index is 0.626. The molecule has 0 unspecified atom stereocenters. The Morgan fingerprint density at radius 3 is 3.00 bits per heavy atom. The summed E-state index contributed by atoms with van der Waals surface area (Å²) in [5.41, 5.74) is 2.29. The normalized spacial score (nSPS) is 10.8. The quantitative estimate of drug-likeness (QED) is 0.748. The number of nitrogens with one attached hydrogen (secondary N) is 1. The fourth-order valence-electron chi connectivity index (χ4n) is 2.14. The van der Waals surface area contributed by atoms with Crippen LogP contribution in [0.1, 0.15) is 18.2 Å². The van der Waals surface area contributed by atoms with E-state index in [1.54, 1.807) is 11.3 Å². The van der Waals surface area contributed by atoms with E-state index >= 15 is 0 Å². The summed E-state index contributed by atoms with van der Waals surface area (Å²) >= 11 is 7.00. The van der Waals surface area contributed by atoms with Crippen molar-refractivity contribution < 1.29 is 0 Å². The van der Waals surface area contributed by atoms with Gasteiger partial charge in [0.15, 0.2) is 10.6 Å². The predicted molar refractivity (Wildman–Crippen MR) is 83.4 cm³/mol. The fraction of sp³-hybridized carbons (Fsp3) is 0.214. The maximum Gasteiger partial charge on any atom is 0.195 e. The zero-order valence-corrected chi connectivity index (χ0v) is 12.7. The third-order valence-electron chi connectivity index (χ3n) is 3.17. The lowest BCUT2D eigenvalue weighted by molar-refractivity contribution is 0.756. The molecule has 0 aliphatic heterocycles. The molecule has 1 N–H and O–H groups in total. The van der Waals surface area contributed by atoms with Crippen molar-refractivity contribution in [2.75, 3.05) is 0 Å². The molecule has 102 valence electrons. The van der Waals surface area contributed by atoms with Gasteiger partial charge in [0.25, 0.3) is 0 Å². The van der Waals surface area contributed by atoms with Crippen LogP contribution in [0, 0.1) is 4.77 Å². The Kier molecular flexibility index (Phi) is 3.75. The zero-order valence-electron chi connectivity index (χ0n) is 11.0. The first-order chi connectivity index (χ1) is 9.79. The molecule has 0 radical (unpaired) electrons. The lowest BCUT2D eigenvalue weighted by atomic mass is 10.1. The van der Waals surface area contributed by atoms with Gasteiger partial charge in [-0.25, -0.2) is 0 Å². The second-order valence-corrected chi connectivity index (χ2v) is 5.71. The van der Waals surface area contributed by atoms with Crippen LogP contribution < -0.4 is 0 Å². The van der Waals surface area contributed by atoms with E-state index in [-0.39, 0.29) is 0 Å². The Hall–Kier alpha value is -1.79. The Bertz CT molecular complexity index is 756. The van der Waals surface area contributed by atoms with Gasteiger partial charge >= 0.3 is 0 Å². The standard InChI is InChI=1S/C14H14N4S2/c1-2-10-5-3-7-15-11(10)9-18-13(16-17-14(18)19)12-6-4-8-20-12/h3-8H,2,9H2,1H3,(H,17,19). The number of hydrogen-bond acceptors (Lipinski definition) is 4. The highest BCUT2D eigenvalue weighted by molar-refractivity contribution is 7.71. The van der Waals surface area contributed by atoms with E-state index in [1.807, 2.05) is 34.3 Å². The van der Waals surface area contributed by atoms with E-state index in [0.717, 1.165) is 22.8 Å². The zero-order chi connectivity index (χ0) is 13.9. The molecule has 6 heteroatoms. The Labute approximate surface area is 126 Å². The molecule has 0 aliphatic carbocycles. The van der Waals surface area contributed by atoms with Crippen molar-refractivity contribution in [2.24, 2.45) is 0 Å². The number of aromatic amines is 1. The van der Waals surface area contributed by atoms with Crippen LogP contribution in [0.15, 0.2) is 35.8 Å².